The van der Waals surface area contributed by atoms with Gasteiger partial charge in [-0.05, 0) is 30.7 Å². The summed E-state index contributed by atoms with van der Waals surface area (Å²) >= 11 is 0. The minimum absolute atomic E-state index is 0.0538. The molecule has 2 aromatic rings. The van der Waals surface area contributed by atoms with Gasteiger partial charge in [0.15, 0.2) is 0 Å². The van der Waals surface area contributed by atoms with Crippen molar-refractivity contribution in [1.29, 1.82) is 0 Å². The van der Waals surface area contributed by atoms with Crippen molar-refractivity contribution < 1.29 is 4.79 Å². The molecule has 1 atom stereocenters. The number of pyridine rings is 1. The van der Waals surface area contributed by atoms with Crippen molar-refractivity contribution in [2.24, 2.45) is 0 Å². The molecule has 1 heterocycles. The minimum atomic E-state index is -0.0538. The van der Waals surface area contributed by atoms with Gasteiger partial charge in [0.05, 0.1) is 6.54 Å². The maximum atomic E-state index is 11.8. The monoisotopic (exact) mass is 255 g/mol. The number of anilines is 1. The molecule has 19 heavy (non-hydrogen) atoms. The first-order chi connectivity index (χ1) is 9.25. The van der Waals surface area contributed by atoms with E-state index in [1.54, 1.807) is 12.4 Å². The highest BCUT2D eigenvalue weighted by molar-refractivity contribution is 5.92. The van der Waals surface area contributed by atoms with Crippen molar-refractivity contribution in [2.45, 2.75) is 13.0 Å². The summed E-state index contributed by atoms with van der Waals surface area (Å²) in [5.74, 6) is -0.0538. The van der Waals surface area contributed by atoms with E-state index in [0.29, 0.717) is 0 Å². The van der Waals surface area contributed by atoms with Crippen LogP contribution in [0.2, 0.25) is 0 Å². The summed E-state index contributed by atoms with van der Waals surface area (Å²) in [5, 5.41) is 6.00. The van der Waals surface area contributed by atoms with Crippen LogP contribution in [0.3, 0.4) is 0 Å². The first kappa shape index (κ1) is 13.2. The van der Waals surface area contributed by atoms with E-state index < -0.39 is 0 Å². The zero-order chi connectivity index (χ0) is 13.5. The third-order valence-electron chi connectivity index (χ3n) is 2.81. The molecule has 0 radical (unpaired) electrons. The Balaban J connectivity index is 1.81. The van der Waals surface area contributed by atoms with Gasteiger partial charge in [-0.2, -0.15) is 0 Å². The lowest BCUT2D eigenvalue weighted by atomic mass is 10.1. The minimum Gasteiger partial charge on any atom is -0.325 e. The molecule has 0 aliphatic heterocycles. The highest BCUT2D eigenvalue weighted by Crippen LogP contribution is 2.09. The smallest absolute Gasteiger partial charge is 0.238 e. The summed E-state index contributed by atoms with van der Waals surface area (Å²) in [4.78, 5) is 15.8. The lowest BCUT2D eigenvalue weighted by Crippen LogP contribution is -2.30. The maximum Gasteiger partial charge on any atom is 0.238 e. The third-order valence-corrected chi connectivity index (χ3v) is 2.81. The van der Waals surface area contributed by atoms with Crippen LogP contribution in [0, 0.1) is 0 Å². The number of rotatable bonds is 5. The maximum absolute atomic E-state index is 11.8. The Morgan fingerprint density at radius 2 is 2.00 bits per heavy atom. The summed E-state index contributed by atoms with van der Waals surface area (Å²) < 4.78 is 0. The molecule has 0 saturated heterocycles. The molecule has 0 unspecified atom stereocenters. The van der Waals surface area contributed by atoms with Gasteiger partial charge in [0.25, 0.3) is 0 Å². The topological polar surface area (TPSA) is 54.0 Å². The molecule has 1 amide bonds. The Labute approximate surface area is 112 Å². The molecule has 1 aromatic heterocycles. The molecule has 0 aliphatic carbocycles. The second-order valence-corrected chi connectivity index (χ2v) is 4.30. The Kier molecular flexibility index (Phi) is 4.64. The van der Waals surface area contributed by atoms with Crippen molar-refractivity contribution in [3.8, 4) is 0 Å². The predicted octanol–water partition coefficient (Wildman–Crippen LogP) is 2.37. The lowest BCUT2D eigenvalue weighted by Gasteiger charge is -2.13. The number of aromatic nitrogens is 1. The van der Waals surface area contributed by atoms with Crippen molar-refractivity contribution in [3.63, 3.8) is 0 Å². The molecule has 4 heteroatoms. The summed E-state index contributed by atoms with van der Waals surface area (Å²) in [5.41, 5.74) is 1.87. The largest absolute Gasteiger partial charge is 0.325 e. The normalized spacial score (nSPS) is 11.8. The molecular weight excluding hydrogens is 238 g/mol. The molecule has 2 rings (SSSR count). The highest BCUT2D eigenvalue weighted by atomic mass is 16.1. The standard InChI is InChI=1S/C15H17N3O/c1-12(13-6-5-9-16-10-13)17-11-15(19)18-14-7-3-2-4-8-14/h2-10,12,17H,11H2,1H3,(H,18,19)/t12-/m1/s1. The van der Waals surface area contributed by atoms with E-state index in [-0.39, 0.29) is 18.5 Å². The quantitative estimate of drug-likeness (QED) is 0.862. The van der Waals surface area contributed by atoms with Crippen molar-refractivity contribution in [1.82, 2.24) is 10.3 Å². The molecule has 1 aromatic carbocycles. The first-order valence-electron chi connectivity index (χ1n) is 6.24. The second-order valence-electron chi connectivity index (χ2n) is 4.30. The summed E-state index contributed by atoms with van der Waals surface area (Å²) in [6.07, 6.45) is 3.53. The average molecular weight is 255 g/mol. The number of amides is 1. The average Bonchev–Trinajstić information content (AvgIpc) is 2.47. The van der Waals surface area contributed by atoms with Crippen molar-refractivity contribution >= 4 is 11.6 Å². The first-order valence-corrected chi connectivity index (χ1v) is 6.24. The van der Waals surface area contributed by atoms with Gasteiger partial charge in [0, 0.05) is 24.1 Å². The molecular formula is C15H17N3O. The van der Waals surface area contributed by atoms with Gasteiger partial charge in [0.2, 0.25) is 5.91 Å². The fraction of sp³-hybridized carbons (Fsp3) is 0.200. The molecule has 4 nitrogen and oxygen atoms in total. The van der Waals surface area contributed by atoms with Gasteiger partial charge >= 0.3 is 0 Å². The third kappa shape index (κ3) is 4.19. The molecule has 0 saturated carbocycles. The number of nitrogens with one attached hydrogen (secondary N) is 2. The number of hydrogen-bond acceptors (Lipinski definition) is 3. The van der Waals surface area contributed by atoms with Gasteiger partial charge < -0.3 is 10.6 Å². The summed E-state index contributed by atoms with van der Waals surface area (Å²) in [7, 11) is 0. The van der Waals surface area contributed by atoms with E-state index in [1.165, 1.54) is 0 Å². The summed E-state index contributed by atoms with van der Waals surface area (Å²) in [6.45, 7) is 2.28. The van der Waals surface area contributed by atoms with E-state index in [0.717, 1.165) is 11.3 Å². The van der Waals surface area contributed by atoms with Gasteiger partial charge in [-0.3, -0.25) is 9.78 Å². The number of nitrogens with zero attached hydrogens (tertiary/aromatic N) is 1. The van der Waals surface area contributed by atoms with E-state index in [9.17, 15) is 4.79 Å². The van der Waals surface area contributed by atoms with Crippen molar-refractivity contribution in [2.75, 3.05) is 11.9 Å². The van der Waals surface area contributed by atoms with E-state index in [2.05, 4.69) is 15.6 Å². The lowest BCUT2D eigenvalue weighted by molar-refractivity contribution is -0.115. The van der Waals surface area contributed by atoms with E-state index in [1.807, 2.05) is 49.4 Å². The van der Waals surface area contributed by atoms with E-state index >= 15 is 0 Å². The van der Waals surface area contributed by atoms with Crippen LogP contribution in [0.5, 0.6) is 0 Å². The van der Waals surface area contributed by atoms with Crippen LogP contribution < -0.4 is 10.6 Å². The highest BCUT2D eigenvalue weighted by Gasteiger charge is 2.07. The number of benzene rings is 1. The van der Waals surface area contributed by atoms with Crippen LogP contribution >= 0.6 is 0 Å². The van der Waals surface area contributed by atoms with E-state index in [4.69, 9.17) is 0 Å². The van der Waals surface area contributed by atoms with Crippen LogP contribution in [0.4, 0.5) is 5.69 Å². The number of carbonyl (C=O) groups excluding carboxylic acids is 1. The fourth-order valence-corrected chi connectivity index (χ4v) is 1.72. The molecule has 0 spiro atoms. The Morgan fingerprint density at radius 1 is 1.21 bits per heavy atom. The number of para-hydroxylation sites is 1. The van der Waals surface area contributed by atoms with Crippen LogP contribution in [-0.4, -0.2) is 17.4 Å². The fourth-order valence-electron chi connectivity index (χ4n) is 1.72. The zero-order valence-electron chi connectivity index (χ0n) is 10.8. The molecule has 0 bridgehead atoms. The Morgan fingerprint density at radius 3 is 2.68 bits per heavy atom. The molecule has 0 fully saturated rings. The van der Waals surface area contributed by atoms with Crippen LogP contribution in [-0.2, 0) is 4.79 Å². The van der Waals surface area contributed by atoms with Gasteiger partial charge in [0.1, 0.15) is 0 Å². The van der Waals surface area contributed by atoms with Crippen LogP contribution in [0.15, 0.2) is 54.9 Å². The zero-order valence-corrected chi connectivity index (χ0v) is 10.8. The predicted molar refractivity (Wildman–Crippen MR) is 75.7 cm³/mol. The molecule has 2 N–H and O–H groups in total. The van der Waals surface area contributed by atoms with Gasteiger partial charge in [-0.25, -0.2) is 0 Å². The second kappa shape index (κ2) is 6.66. The Hall–Kier alpha value is -2.20. The SMILES string of the molecule is C[C@@H](NCC(=O)Nc1ccccc1)c1cccnc1. The van der Waals surface area contributed by atoms with Crippen molar-refractivity contribution in [3.05, 3.63) is 60.4 Å². The van der Waals surface area contributed by atoms with Crippen LogP contribution in [0.1, 0.15) is 18.5 Å². The molecule has 98 valence electrons. The summed E-state index contributed by atoms with van der Waals surface area (Å²) in [6, 6.07) is 13.4. The number of hydrogen-bond donors (Lipinski definition) is 2. The Bertz CT molecular complexity index is 513. The number of carbonyl (C=O) groups is 1. The van der Waals surface area contributed by atoms with Gasteiger partial charge in [-0.15, -0.1) is 0 Å². The van der Waals surface area contributed by atoms with Gasteiger partial charge in [-0.1, -0.05) is 24.3 Å². The molecule has 0 aliphatic rings. The van der Waals surface area contributed by atoms with Crippen LogP contribution in [0.25, 0.3) is 0 Å².